The van der Waals surface area contributed by atoms with Crippen LogP contribution in [0.2, 0.25) is 0 Å². The van der Waals surface area contributed by atoms with Gasteiger partial charge in [0, 0.05) is 23.0 Å². The fraction of sp³-hybridized carbons (Fsp3) is 0.143. The van der Waals surface area contributed by atoms with Crippen molar-refractivity contribution in [3.05, 3.63) is 74.6 Å². The summed E-state index contributed by atoms with van der Waals surface area (Å²) in [6.07, 6.45) is 2.48. The average molecular weight is 456 g/mol. The molecule has 2 N–H and O–H groups in total. The van der Waals surface area contributed by atoms with Crippen LogP contribution in [0, 0.1) is 6.92 Å². The molecule has 0 spiro atoms. The number of rotatable bonds is 6. The second kappa shape index (κ2) is 9.29. The van der Waals surface area contributed by atoms with Crippen LogP contribution in [0.25, 0.3) is 11.0 Å². The summed E-state index contributed by atoms with van der Waals surface area (Å²) < 4.78 is 6.22. The van der Waals surface area contributed by atoms with Gasteiger partial charge in [0.25, 0.3) is 0 Å². The number of hydrazone groups is 1. The zero-order valence-corrected chi connectivity index (χ0v) is 17.2. The molecule has 2 amide bonds. The number of carbonyl (C=O) groups is 2. The van der Waals surface area contributed by atoms with E-state index in [0.717, 1.165) is 10.0 Å². The van der Waals surface area contributed by atoms with Crippen molar-refractivity contribution < 1.29 is 14.0 Å². The fourth-order valence-corrected chi connectivity index (χ4v) is 2.86. The normalized spacial score (nSPS) is 11.0. The molecule has 0 unspecified atom stereocenters. The molecule has 148 valence electrons. The van der Waals surface area contributed by atoms with E-state index < -0.39 is 5.91 Å². The molecule has 3 rings (SSSR count). The fourth-order valence-electron chi connectivity index (χ4n) is 2.52. The van der Waals surface area contributed by atoms with Crippen LogP contribution >= 0.6 is 15.9 Å². The average Bonchev–Trinajstić information content (AvgIpc) is 2.70. The number of halogens is 1. The molecule has 1 heterocycles. The molecule has 0 aliphatic carbocycles. The van der Waals surface area contributed by atoms with Crippen LogP contribution in [0.5, 0.6) is 0 Å². The Morgan fingerprint density at radius 2 is 1.83 bits per heavy atom. The standard InChI is InChI=1S/C21H18BrN3O4/c1-13-2-5-16(6-3-13)24-19(26)8-9-20(27)25-23-11-14-12-29-18-10-15(22)4-7-17(18)21(14)28/h2-7,10-12H,8-9H2,1H3,(H,24,26)(H,25,27)/b23-11+. The molecule has 1 aromatic heterocycles. The minimum Gasteiger partial charge on any atom is -0.463 e. The first-order valence-electron chi connectivity index (χ1n) is 8.82. The summed E-state index contributed by atoms with van der Waals surface area (Å²) in [6.45, 7) is 1.96. The quantitative estimate of drug-likeness (QED) is 0.436. The van der Waals surface area contributed by atoms with Gasteiger partial charge >= 0.3 is 0 Å². The third kappa shape index (κ3) is 5.61. The molecular formula is C21H18BrN3O4. The molecular weight excluding hydrogens is 438 g/mol. The Labute approximate surface area is 174 Å². The molecule has 0 aliphatic heterocycles. The van der Waals surface area contributed by atoms with Crippen LogP contribution in [0.3, 0.4) is 0 Å². The molecule has 0 radical (unpaired) electrons. The molecule has 2 aromatic carbocycles. The van der Waals surface area contributed by atoms with E-state index in [4.69, 9.17) is 4.42 Å². The van der Waals surface area contributed by atoms with Gasteiger partial charge in [0.1, 0.15) is 11.8 Å². The molecule has 7 nitrogen and oxygen atoms in total. The molecule has 0 aliphatic rings. The number of fused-ring (bicyclic) bond motifs is 1. The van der Waals surface area contributed by atoms with Gasteiger partial charge in [-0.05, 0) is 37.3 Å². The maximum absolute atomic E-state index is 12.4. The number of hydrogen-bond acceptors (Lipinski definition) is 5. The number of amides is 2. The Hall–Kier alpha value is -3.26. The van der Waals surface area contributed by atoms with Gasteiger partial charge in [0.05, 0.1) is 17.2 Å². The number of nitrogens with one attached hydrogen (secondary N) is 2. The number of nitrogens with zero attached hydrogens (tertiary/aromatic N) is 1. The van der Waals surface area contributed by atoms with Crippen LogP contribution in [0.15, 0.2) is 67.5 Å². The van der Waals surface area contributed by atoms with E-state index in [1.165, 1.54) is 12.5 Å². The van der Waals surface area contributed by atoms with E-state index in [1.54, 1.807) is 30.3 Å². The van der Waals surface area contributed by atoms with Crippen molar-refractivity contribution in [2.75, 3.05) is 5.32 Å². The first-order valence-corrected chi connectivity index (χ1v) is 9.61. The number of hydrogen-bond donors (Lipinski definition) is 2. The van der Waals surface area contributed by atoms with Crippen molar-refractivity contribution in [3.63, 3.8) is 0 Å². The summed E-state index contributed by atoms with van der Waals surface area (Å²) in [5, 5.41) is 6.91. The predicted octanol–water partition coefficient (Wildman–Crippen LogP) is 3.73. The minimum absolute atomic E-state index is 0.0161. The largest absolute Gasteiger partial charge is 0.463 e. The van der Waals surface area contributed by atoms with Crippen molar-refractivity contribution >= 4 is 50.6 Å². The van der Waals surface area contributed by atoms with Crippen molar-refractivity contribution in [1.29, 1.82) is 0 Å². The van der Waals surface area contributed by atoms with Gasteiger partial charge in [-0.1, -0.05) is 33.6 Å². The van der Waals surface area contributed by atoms with E-state index in [1.807, 2.05) is 19.1 Å². The maximum Gasteiger partial charge on any atom is 0.240 e. The summed E-state index contributed by atoms with van der Waals surface area (Å²) >= 11 is 3.32. The highest BCUT2D eigenvalue weighted by atomic mass is 79.9. The summed E-state index contributed by atoms with van der Waals surface area (Å²) in [4.78, 5) is 36.2. The third-order valence-electron chi connectivity index (χ3n) is 4.07. The summed E-state index contributed by atoms with van der Waals surface area (Å²) in [7, 11) is 0. The van der Waals surface area contributed by atoms with Crippen LogP contribution in [0.4, 0.5) is 5.69 Å². The van der Waals surface area contributed by atoms with E-state index in [-0.39, 0.29) is 29.7 Å². The summed E-state index contributed by atoms with van der Waals surface area (Å²) in [5.74, 6) is -0.705. The van der Waals surface area contributed by atoms with Crippen molar-refractivity contribution in [1.82, 2.24) is 5.43 Å². The highest BCUT2D eigenvalue weighted by Gasteiger charge is 2.08. The molecule has 3 aromatic rings. The second-order valence-corrected chi connectivity index (χ2v) is 7.28. The molecule has 29 heavy (non-hydrogen) atoms. The molecule has 0 fully saturated rings. The number of aryl methyl sites for hydroxylation is 1. The van der Waals surface area contributed by atoms with Crippen molar-refractivity contribution in [3.8, 4) is 0 Å². The summed E-state index contributed by atoms with van der Waals surface area (Å²) in [5.41, 5.74) is 4.47. The number of benzene rings is 2. The lowest BCUT2D eigenvalue weighted by atomic mass is 10.2. The maximum atomic E-state index is 12.4. The molecule has 0 saturated carbocycles. The van der Waals surface area contributed by atoms with Gasteiger partial charge in [0.15, 0.2) is 0 Å². The smallest absolute Gasteiger partial charge is 0.240 e. The van der Waals surface area contributed by atoms with Gasteiger partial charge in [0.2, 0.25) is 17.2 Å². The molecule has 0 saturated heterocycles. The second-order valence-electron chi connectivity index (χ2n) is 6.37. The molecule has 8 heteroatoms. The van der Waals surface area contributed by atoms with E-state index in [0.29, 0.717) is 16.7 Å². The van der Waals surface area contributed by atoms with Crippen molar-refractivity contribution in [2.24, 2.45) is 5.10 Å². The Kier molecular flexibility index (Phi) is 6.56. The van der Waals surface area contributed by atoms with E-state index >= 15 is 0 Å². The lowest BCUT2D eigenvalue weighted by Gasteiger charge is -2.05. The Morgan fingerprint density at radius 1 is 1.10 bits per heavy atom. The van der Waals surface area contributed by atoms with Crippen LogP contribution in [-0.2, 0) is 9.59 Å². The van der Waals surface area contributed by atoms with Gasteiger partial charge in [-0.25, -0.2) is 5.43 Å². The third-order valence-corrected chi connectivity index (χ3v) is 4.56. The number of carbonyl (C=O) groups excluding carboxylic acids is 2. The first kappa shape index (κ1) is 20.5. The van der Waals surface area contributed by atoms with Gasteiger partial charge in [-0.15, -0.1) is 0 Å². The van der Waals surface area contributed by atoms with E-state index in [2.05, 4.69) is 31.8 Å². The Morgan fingerprint density at radius 3 is 2.59 bits per heavy atom. The number of anilines is 1. The first-order chi connectivity index (χ1) is 13.9. The highest BCUT2D eigenvalue weighted by Crippen LogP contribution is 2.17. The summed E-state index contributed by atoms with van der Waals surface area (Å²) in [6, 6.07) is 12.5. The van der Waals surface area contributed by atoms with Gasteiger partial charge in [-0.3, -0.25) is 14.4 Å². The van der Waals surface area contributed by atoms with Gasteiger partial charge in [-0.2, -0.15) is 5.10 Å². The zero-order valence-electron chi connectivity index (χ0n) is 15.6. The van der Waals surface area contributed by atoms with E-state index in [9.17, 15) is 14.4 Å². The molecule has 0 bridgehead atoms. The highest BCUT2D eigenvalue weighted by molar-refractivity contribution is 9.10. The molecule has 0 atom stereocenters. The SMILES string of the molecule is Cc1ccc(NC(=O)CCC(=O)N/N=C/c2coc3cc(Br)ccc3c2=O)cc1. The Bertz CT molecular complexity index is 1140. The van der Waals surface area contributed by atoms with Gasteiger partial charge < -0.3 is 9.73 Å². The van der Waals surface area contributed by atoms with Crippen LogP contribution in [-0.4, -0.2) is 18.0 Å². The topological polar surface area (TPSA) is 101 Å². The van der Waals surface area contributed by atoms with Crippen LogP contribution < -0.4 is 16.2 Å². The lowest BCUT2D eigenvalue weighted by Crippen LogP contribution is -2.21. The minimum atomic E-state index is -0.436. The predicted molar refractivity (Wildman–Crippen MR) is 115 cm³/mol. The van der Waals surface area contributed by atoms with Crippen molar-refractivity contribution in [2.45, 2.75) is 19.8 Å². The zero-order chi connectivity index (χ0) is 20.8. The lowest BCUT2D eigenvalue weighted by molar-refractivity contribution is -0.124. The van der Waals surface area contributed by atoms with Crippen LogP contribution in [0.1, 0.15) is 24.0 Å². The Balaban J connectivity index is 1.52. The monoisotopic (exact) mass is 455 g/mol.